The number of hydrogen-bond acceptors (Lipinski definition) is 3. The lowest BCUT2D eigenvalue weighted by atomic mass is 9.99. The lowest BCUT2D eigenvalue weighted by Gasteiger charge is -2.33. The fourth-order valence-electron chi connectivity index (χ4n) is 3.43. The lowest BCUT2D eigenvalue weighted by molar-refractivity contribution is 0.000274. The van der Waals surface area contributed by atoms with E-state index in [1.54, 1.807) is 25.8 Å². The van der Waals surface area contributed by atoms with Crippen molar-refractivity contribution in [3.8, 4) is 5.69 Å². The van der Waals surface area contributed by atoms with Crippen molar-refractivity contribution < 1.29 is 9.90 Å². The quantitative estimate of drug-likeness (QED) is 0.930. The van der Waals surface area contributed by atoms with E-state index in [9.17, 15) is 9.90 Å². The number of aryl methyl sites for hydroxylation is 1. The van der Waals surface area contributed by atoms with E-state index in [0.29, 0.717) is 5.69 Å². The molecule has 1 aliphatic rings. The van der Waals surface area contributed by atoms with Gasteiger partial charge in [0.2, 0.25) is 0 Å². The van der Waals surface area contributed by atoms with Crippen molar-refractivity contribution >= 4 is 5.91 Å². The largest absolute Gasteiger partial charge is 0.388 e. The molecule has 1 heterocycles. The summed E-state index contributed by atoms with van der Waals surface area (Å²) >= 11 is 0. The monoisotopic (exact) mass is 341 g/mol. The van der Waals surface area contributed by atoms with Gasteiger partial charge in [0.1, 0.15) is 0 Å². The number of hydrogen-bond donors (Lipinski definition) is 1. The van der Waals surface area contributed by atoms with Crippen LogP contribution >= 0.6 is 0 Å². The molecule has 5 heteroatoms. The maximum absolute atomic E-state index is 13.1. The minimum absolute atomic E-state index is 0.125. The minimum atomic E-state index is -0.966. The van der Waals surface area contributed by atoms with Crippen LogP contribution in [0.25, 0.3) is 5.69 Å². The molecule has 1 amide bonds. The van der Waals surface area contributed by atoms with Gasteiger partial charge in [-0.3, -0.25) is 4.79 Å². The molecule has 0 aliphatic heterocycles. The number of nitrogens with zero attached hydrogens (tertiary/aromatic N) is 3. The number of likely N-dealkylation sites (N-methyl/N-ethyl adjacent to an activating group) is 1. The average Bonchev–Trinajstić information content (AvgIpc) is 3.15. The molecule has 25 heavy (non-hydrogen) atoms. The molecule has 0 bridgehead atoms. The first kappa shape index (κ1) is 17.7. The molecular formula is C20H27N3O2. The zero-order valence-corrected chi connectivity index (χ0v) is 15.7. The summed E-state index contributed by atoms with van der Waals surface area (Å²) in [5, 5.41) is 14.9. The summed E-state index contributed by atoms with van der Waals surface area (Å²) in [4.78, 5) is 14.7. The summed E-state index contributed by atoms with van der Waals surface area (Å²) in [6.45, 7) is 7.36. The normalized spacial score (nSPS) is 15.1. The third-order valence-electron chi connectivity index (χ3n) is 5.40. The highest BCUT2D eigenvalue weighted by Crippen LogP contribution is 2.30. The highest BCUT2D eigenvalue weighted by Gasteiger charge is 2.34. The summed E-state index contributed by atoms with van der Waals surface area (Å²) in [5.41, 5.74) is 3.92. The van der Waals surface area contributed by atoms with E-state index in [-0.39, 0.29) is 11.9 Å². The Balaban J connectivity index is 2.03. The van der Waals surface area contributed by atoms with Gasteiger partial charge >= 0.3 is 0 Å². The van der Waals surface area contributed by atoms with Gasteiger partial charge in [0.25, 0.3) is 5.91 Å². The van der Waals surface area contributed by atoms with E-state index in [4.69, 9.17) is 5.10 Å². The number of amides is 1. The number of aliphatic hydroxyl groups is 1. The first-order valence-electron chi connectivity index (χ1n) is 8.88. The molecule has 1 atom stereocenters. The topological polar surface area (TPSA) is 58.4 Å². The van der Waals surface area contributed by atoms with Crippen LogP contribution in [-0.4, -0.2) is 44.4 Å². The molecule has 1 aromatic carbocycles. The Kier molecular flexibility index (Phi) is 4.45. The molecule has 1 aromatic heterocycles. The van der Waals surface area contributed by atoms with Crippen LogP contribution in [0.3, 0.4) is 0 Å². The summed E-state index contributed by atoms with van der Waals surface area (Å²) in [7, 11) is 1.74. The standard InChI is InChI=1S/C20H27N3O2/c1-13-9-6-7-11-16(13)23-17-12-8-10-15(17)18(21-23)19(24)22(5)14(2)20(3,4)25/h6-7,9,11,14,25H,8,10,12H2,1-5H3. The van der Waals surface area contributed by atoms with Gasteiger partial charge in [0, 0.05) is 18.3 Å². The number of fused-ring (bicyclic) bond motifs is 1. The van der Waals surface area contributed by atoms with Gasteiger partial charge in [-0.25, -0.2) is 4.68 Å². The Morgan fingerprint density at radius 2 is 2.00 bits per heavy atom. The molecule has 1 N–H and O–H groups in total. The van der Waals surface area contributed by atoms with Gasteiger partial charge in [0.05, 0.1) is 17.3 Å². The van der Waals surface area contributed by atoms with Crippen molar-refractivity contribution in [1.29, 1.82) is 0 Å². The second kappa shape index (κ2) is 6.30. The molecular weight excluding hydrogens is 314 g/mol. The van der Waals surface area contributed by atoms with Crippen LogP contribution < -0.4 is 0 Å². The summed E-state index contributed by atoms with van der Waals surface area (Å²) in [6, 6.07) is 7.80. The minimum Gasteiger partial charge on any atom is -0.388 e. The van der Waals surface area contributed by atoms with Crippen molar-refractivity contribution in [3.05, 3.63) is 46.8 Å². The molecule has 0 saturated heterocycles. The van der Waals surface area contributed by atoms with Crippen LogP contribution in [0.4, 0.5) is 0 Å². The number of carbonyl (C=O) groups is 1. The maximum atomic E-state index is 13.1. The van der Waals surface area contributed by atoms with E-state index >= 15 is 0 Å². The van der Waals surface area contributed by atoms with Crippen LogP contribution in [0.5, 0.6) is 0 Å². The zero-order chi connectivity index (χ0) is 18.4. The Morgan fingerprint density at radius 1 is 1.32 bits per heavy atom. The summed E-state index contributed by atoms with van der Waals surface area (Å²) in [5.74, 6) is -0.125. The third kappa shape index (κ3) is 3.09. The highest BCUT2D eigenvalue weighted by molar-refractivity contribution is 5.94. The molecule has 0 spiro atoms. The molecule has 3 rings (SSSR count). The van der Waals surface area contributed by atoms with E-state index < -0.39 is 5.60 Å². The van der Waals surface area contributed by atoms with Crippen LogP contribution in [-0.2, 0) is 12.8 Å². The fourth-order valence-corrected chi connectivity index (χ4v) is 3.43. The van der Waals surface area contributed by atoms with E-state index in [1.165, 1.54) is 0 Å². The van der Waals surface area contributed by atoms with Crippen LogP contribution in [0, 0.1) is 6.92 Å². The number of carbonyl (C=O) groups excluding carboxylic acids is 1. The van der Waals surface area contributed by atoms with Crippen LogP contribution in [0.15, 0.2) is 24.3 Å². The molecule has 1 aliphatic carbocycles. The summed E-state index contributed by atoms with van der Waals surface area (Å²) < 4.78 is 1.94. The SMILES string of the molecule is Cc1ccccc1-n1nc(C(=O)N(C)C(C)C(C)(C)O)c2c1CCC2. The fraction of sp³-hybridized carbons (Fsp3) is 0.500. The van der Waals surface area contributed by atoms with Crippen molar-refractivity contribution in [2.45, 2.75) is 58.6 Å². The van der Waals surface area contributed by atoms with E-state index in [2.05, 4.69) is 13.0 Å². The number of para-hydroxylation sites is 1. The van der Waals surface area contributed by atoms with Gasteiger partial charge in [-0.15, -0.1) is 0 Å². The van der Waals surface area contributed by atoms with Gasteiger partial charge < -0.3 is 10.0 Å². The Labute approximate surface area is 149 Å². The second-order valence-electron chi connectivity index (χ2n) is 7.57. The van der Waals surface area contributed by atoms with E-state index in [0.717, 1.165) is 41.8 Å². The predicted molar refractivity (Wildman–Crippen MR) is 98.2 cm³/mol. The smallest absolute Gasteiger partial charge is 0.274 e. The van der Waals surface area contributed by atoms with E-state index in [1.807, 2.05) is 29.8 Å². The third-order valence-corrected chi connectivity index (χ3v) is 5.40. The first-order valence-corrected chi connectivity index (χ1v) is 8.88. The number of benzene rings is 1. The molecule has 2 aromatic rings. The first-order chi connectivity index (χ1) is 11.7. The van der Waals surface area contributed by atoms with Gasteiger partial charge in [-0.05, 0) is 58.6 Å². The molecule has 1 unspecified atom stereocenters. The van der Waals surface area contributed by atoms with Gasteiger partial charge in [0.15, 0.2) is 5.69 Å². The molecule has 5 nitrogen and oxygen atoms in total. The molecule has 0 saturated carbocycles. The predicted octanol–water partition coefficient (Wildman–Crippen LogP) is 2.90. The second-order valence-corrected chi connectivity index (χ2v) is 7.57. The maximum Gasteiger partial charge on any atom is 0.274 e. The van der Waals surface area contributed by atoms with Crippen molar-refractivity contribution in [2.24, 2.45) is 0 Å². The molecule has 134 valence electrons. The van der Waals surface area contributed by atoms with Gasteiger partial charge in [-0.2, -0.15) is 5.10 Å². The molecule has 0 radical (unpaired) electrons. The Hall–Kier alpha value is -2.14. The van der Waals surface area contributed by atoms with Gasteiger partial charge in [-0.1, -0.05) is 18.2 Å². The van der Waals surface area contributed by atoms with Crippen LogP contribution in [0.1, 0.15) is 54.5 Å². The van der Waals surface area contributed by atoms with Crippen molar-refractivity contribution in [2.75, 3.05) is 7.05 Å². The number of rotatable bonds is 4. The Morgan fingerprint density at radius 3 is 2.64 bits per heavy atom. The molecule has 0 fully saturated rings. The highest BCUT2D eigenvalue weighted by atomic mass is 16.3. The van der Waals surface area contributed by atoms with Crippen molar-refractivity contribution in [3.63, 3.8) is 0 Å². The lowest BCUT2D eigenvalue weighted by Crippen LogP contribution is -2.48. The van der Waals surface area contributed by atoms with Crippen LogP contribution in [0.2, 0.25) is 0 Å². The Bertz CT molecular complexity index is 802. The zero-order valence-electron chi connectivity index (χ0n) is 15.7. The summed E-state index contributed by atoms with van der Waals surface area (Å²) in [6.07, 6.45) is 2.87. The number of aromatic nitrogens is 2. The average molecular weight is 341 g/mol. The van der Waals surface area contributed by atoms with Crippen molar-refractivity contribution in [1.82, 2.24) is 14.7 Å².